The third-order valence-electron chi connectivity index (χ3n) is 2.72. The van der Waals surface area contributed by atoms with Gasteiger partial charge in [-0.1, -0.05) is 22.9 Å². The molecule has 0 radical (unpaired) electrons. The van der Waals surface area contributed by atoms with Gasteiger partial charge in [0.25, 0.3) is 0 Å². The fraction of sp³-hybridized carbons (Fsp3) is 0.333. The maximum Gasteiger partial charge on any atom is 0.136 e. The Morgan fingerprint density at radius 2 is 1.75 bits per heavy atom. The number of rotatable bonds is 6. The van der Waals surface area contributed by atoms with Crippen molar-refractivity contribution in [3.8, 4) is 0 Å². The largest absolute Gasteiger partial charge is 0.370 e. The summed E-state index contributed by atoms with van der Waals surface area (Å²) in [6.07, 6.45) is 1.92. The van der Waals surface area contributed by atoms with Crippen LogP contribution in [0.15, 0.2) is 34.8 Å². The summed E-state index contributed by atoms with van der Waals surface area (Å²) >= 11 is 3.43. The van der Waals surface area contributed by atoms with E-state index in [-0.39, 0.29) is 0 Å². The molecule has 0 saturated heterocycles. The first-order chi connectivity index (χ1) is 9.71. The number of anilines is 3. The molecule has 106 valence electrons. The van der Waals surface area contributed by atoms with Gasteiger partial charge in [-0.3, -0.25) is 0 Å². The summed E-state index contributed by atoms with van der Waals surface area (Å²) in [6.45, 7) is 5.04. The minimum absolute atomic E-state index is 0.821. The van der Waals surface area contributed by atoms with E-state index in [9.17, 15) is 0 Å². The third-order valence-corrected chi connectivity index (χ3v) is 3.25. The highest BCUT2D eigenvalue weighted by Crippen LogP contribution is 2.20. The normalized spacial score (nSPS) is 10.3. The molecular formula is C15H19BrN4. The first-order valence-electron chi connectivity index (χ1n) is 6.85. The molecule has 0 bridgehead atoms. The zero-order chi connectivity index (χ0) is 14.4. The summed E-state index contributed by atoms with van der Waals surface area (Å²) in [5.74, 6) is 2.55. The zero-order valence-corrected chi connectivity index (χ0v) is 13.4. The molecule has 5 heteroatoms. The molecule has 1 aromatic carbocycles. The first kappa shape index (κ1) is 14.8. The second-order valence-electron chi connectivity index (χ2n) is 4.47. The second kappa shape index (κ2) is 7.24. The molecule has 20 heavy (non-hydrogen) atoms. The van der Waals surface area contributed by atoms with E-state index in [1.807, 2.05) is 30.3 Å². The van der Waals surface area contributed by atoms with Gasteiger partial charge in [-0.2, -0.15) is 0 Å². The van der Waals surface area contributed by atoms with Crippen LogP contribution in [0.3, 0.4) is 0 Å². The highest BCUT2D eigenvalue weighted by atomic mass is 79.9. The summed E-state index contributed by atoms with van der Waals surface area (Å²) in [5, 5.41) is 6.56. The molecule has 2 rings (SSSR count). The van der Waals surface area contributed by atoms with E-state index < -0.39 is 0 Å². The molecule has 0 aliphatic carbocycles. The smallest absolute Gasteiger partial charge is 0.136 e. The molecule has 0 atom stereocenters. The first-order valence-corrected chi connectivity index (χ1v) is 7.65. The van der Waals surface area contributed by atoms with Gasteiger partial charge in [0.15, 0.2) is 0 Å². The maximum absolute atomic E-state index is 4.55. The Hall–Kier alpha value is -1.62. The fourth-order valence-electron chi connectivity index (χ4n) is 1.85. The molecule has 1 aromatic heterocycles. The molecule has 0 amide bonds. The van der Waals surface area contributed by atoms with Crippen LogP contribution in [0.2, 0.25) is 0 Å². The number of benzene rings is 1. The van der Waals surface area contributed by atoms with Gasteiger partial charge in [-0.15, -0.1) is 0 Å². The van der Waals surface area contributed by atoms with Gasteiger partial charge < -0.3 is 10.6 Å². The zero-order valence-electron chi connectivity index (χ0n) is 11.8. The van der Waals surface area contributed by atoms with E-state index >= 15 is 0 Å². The Labute approximate surface area is 128 Å². The van der Waals surface area contributed by atoms with Gasteiger partial charge >= 0.3 is 0 Å². The SMILES string of the molecule is CCCc1nc(NCC)cc(Nc2ccc(Br)cc2)n1. The molecular weight excluding hydrogens is 316 g/mol. The molecule has 1 heterocycles. The van der Waals surface area contributed by atoms with Crippen molar-refractivity contribution in [3.05, 3.63) is 40.6 Å². The summed E-state index contributed by atoms with van der Waals surface area (Å²) < 4.78 is 1.06. The molecule has 0 fully saturated rings. The van der Waals surface area contributed by atoms with Crippen molar-refractivity contribution in [1.82, 2.24) is 9.97 Å². The van der Waals surface area contributed by atoms with Gasteiger partial charge in [0.1, 0.15) is 17.5 Å². The van der Waals surface area contributed by atoms with Gasteiger partial charge in [-0.25, -0.2) is 9.97 Å². The van der Waals surface area contributed by atoms with Gasteiger partial charge in [0.05, 0.1) is 0 Å². The van der Waals surface area contributed by atoms with Crippen molar-refractivity contribution in [2.45, 2.75) is 26.7 Å². The average molecular weight is 335 g/mol. The van der Waals surface area contributed by atoms with Crippen molar-refractivity contribution in [1.29, 1.82) is 0 Å². The van der Waals surface area contributed by atoms with Crippen molar-refractivity contribution in [2.75, 3.05) is 17.2 Å². The molecule has 0 aliphatic heterocycles. The minimum atomic E-state index is 0.821. The molecule has 4 nitrogen and oxygen atoms in total. The molecule has 2 N–H and O–H groups in total. The summed E-state index contributed by atoms with van der Waals surface area (Å²) in [4.78, 5) is 9.05. The highest BCUT2D eigenvalue weighted by molar-refractivity contribution is 9.10. The Morgan fingerprint density at radius 3 is 2.40 bits per heavy atom. The van der Waals surface area contributed by atoms with Crippen LogP contribution >= 0.6 is 15.9 Å². The summed E-state index contributed by atoms with van der Waals surface area (Å²) in [5.41, 5.74) is 1.01. The van der Waals surface area contributed by atoms with Crippen LogP contribution in [-0.4, -0.2) is 16.5 Å². The van der Waals surface area contributed by atoms with E-state index in [2.05, 4.69) is 50.4 Å². The lowest BCUT2D eigenvalue weighted by molar-refractivity contribution is 0.837. The number of nitrogens with zero attached hydrogens (tertiary/aromatic N) is 2. The van der Waals surface area contributed by atoms with Crippen molar-refractivity contribution in [3.63, 3.8) is 0 Å². The minimum Gasteiger partial charge on any atom is -0.370 e. The van der Waals surface area contributed by atoms with E-state index in [0.717, 1.165) is 47.0 Å². The van der Waals surface area contributed by atoms with E-state index in [1.165, 1.54) is 0 Å². The van der Waals surface area contributed by atoms with Gasteiger partial charge in [0.2, 0.25) is 0 Å². The van der Waals surface area contributed by atoms with E-state index in [4.69, 9.17) is 0 Å². The van der Waals surface area contributed by atoms with Crippen LogP contribution in [0, 0.1) is 0 Å². The maximum atomic E-state index is 4.55. The Kier molecular flexibility index (Phi) is 5.35. The standard InChI is InChI=1S/C15H19BrN4/c1-3-5-13-19-14(17-4-2)10-15(20-13)18-12-8-6-11(16)7-9-12/h6-10H,3-5H2,1-2H3,(H2,17,18,19,20). The van der Waals surface area contributed by atoms with E-state index in [0.29, 0.717) is 0 Å². The molecule has 0 unspecified atom stereocenters. The Bertz CT molecular complexity index is 530. The van der Waals surface area contributed by atoms with Crippen molar-refractivity contribution >= 4 is 33.3 Å². The Morgan fingerprint density at radius 1 is 1.05 bits per heavy atom. The topological polar surface area (TPSA) is 49.8 Å². The van der Waals surface area contributed by atoms with Crippen LogP contribution in [-0.2, 0) is 6.42 Å². The van der Waals surface area contributed by atoms with Crippen LogP contribution in [0.25, 0.3) is 0 Å². The molecule has 2 aromatic rings. The Balaban J connectivity index is 2.22. The number of hydrogen-bond acceptors (Lipinski definition) is 4. The monoisotopic (exact) mass is 334 g/mol. The van der Waals surface area contributed by atoms with Crippen molar-refractivity contribution in [2.24, 2.45) is 0 Å². The number of aryl methyl sites for hydroxylation is 1. The molecule has 0 spiro atoms. The highest BCUT2D eigenvalue weighted by Gasteiger charge is 2.04. The lowest BCUT2D eigenvalue weighted by Crippen LogP contribution is -2.06. The third kappa shape index (κ3) is 4.20. The lowest BCUT2D eigenvalue weighted by atomic mass is 10.3. The molecule has 0 saturated carbocycles. The average Bonchev–Trinajstić information content (AvgIpc) is 2.42. The van der Waals surface area contributed by atoms with Crippen LogP contribution in [0.1, 0.15) is 26.1 Å². The number of halogens is 1. The molecule has 0 aliphatic rings. The predicted molar refractivity (Wildman–Crippen MR) is 87.6 cm³/mol. The lowest BCUT2D eigenvalue weighted by Gasteiger charge is -2.10. The number of aromatic nitrogens is 2. The fourth-order valence-corrected chi connectivity index (χ4v) is 2.11. The number of nitrogens with one attached hydrogen (secondary N) is 2. The number of hydrogen-bond donors (Lipinski definition) is 2. The van der Waals surface area contributed by atoms with Gasteiger partial charge in [-0.05, 0) is 37.6 Å². The quantitative estimate of drug-likeness (QED) is 0.823. The van der Waals surface area contributed by atoms with Crippen LogP contribution in [0.4, 0.5) is 17.3 Å². The van der Waals surface area contributed by atoms with Crippen LogP contribution < -0.4 is 10.6 Å². The van der Waals surface area contributed by atoms with Crippen molar-refractivity contribution < 1.29 is 0 Å². The second-order valence-corrected chi connectivity index (χ2v) is 5.38. The van der Waals surface area contributed by atoms with Crippen LogP contribution in [0.5, 0.6) is 0 Å². The predicted octanol–water partition coefficient (Wildman–Crippen LogP) is 4.37. The summed E-state index contributed by atoms with van der Waals surface area (Å²) in [6, 6.07) is 9.96. The van der Waals surface area contributed by atoms with Gasteiger partial charge in [0, 0.05) is 29.2 Å². The van der Waals surface area contributed by atoms with E-state index in [1.54, 1.807) is 0 Å². The summed E-state index contributed by atoms with van der Waals surface area (Å²) in [7, 11) is 0.